The molecular weight excluding hydrogens is 539 g/mol. The average Bonchev–Trinajstić information content (AvgIpc) is 2.93. The minimum atomic E-state index is -4.62. The topological polar surface area (TPSA) is 66.4 Å². The first-order valence-corrected chi connectivity index (χ1v) is 19.1. The number of hydrogen-bond acceptors (Lipinski definition) is 4. The third-order valence-corrected chi connectivity index (χ3v) is 8.66. The normalized spacial score (nSPS) is 12.7. The number of allylic oxidation sites excluding steroid dienone is 1. The smallest absolute Gasteiger partial charge is 0.726 e. The van der Waals surface area contributed by atoms with Gasteiger partial charge in [0.2, 0.25) is 10.4 Å². The van der Waals surface area contributed by atoms with Crippen molar-refractivity contribution in [2.75, 3.05) is 6.61 Å². The maximum absolute atomic E-state index is 10.9. The molecule has 240 valence electrons. The fourth-order valence-electron chi connectivity index (χ4n) is 5.58. The molecule has 0 N–H and O–H groups in total. The molecule has 0 fully saturated rings. The Hall–Kier alpha value is 0.610. The summed E-state index contributed by atoms with van der Waals surface area (Å²) in [5, 5.41) is 0. The molecule has 0 bridgehead atoms. The van der Waals surface area contributed by atoms with Gasteiger partial charge in [0.15, 0.2) is 0 Å². The molecule has 6 heteroatoms. The summed E-state index contributed by atoms with van der Waals surface area (Å²) in [5.41, 5.74) is 0. The summed E-state index contributed by atoms with van der Waals surface area (Å²) >= 11 is 0. The summed E-state index contributed by atoms with van der Waals surface area (Å²) in [6, 6.07) is 0. The summed E-state index contributed by atoms with van der Waals surface area (Å²) in [4.78, 5) is 0. The van der Waals surface area contributed by atoms with Crippen LogP contribution < -0.4 is 29.6 Å². The average molecular weight is 609 g/mol. The van der Waals surface area contributed by atoms with Gasteiger partial charge in [0.05, 0.1) is 6.61 Å². The second-order valence-corrected chi connectivity index (χ2v) is 13.3. The van der Waals surface area contributed by atoms with Crippen LogP contribution in [0.15, 0.2) is 12.2 Å². The Kier molecular flexibility index (Phi) is 37.4. The van der Waals surface area contributed by atoms with Gasteiger partial charge in [0, 0.05) is 5.92 Å². The molecule has 41 heavy (non-hydrogen) atoms. The molecule has 0 heterocycles. The van der Waals surface area contributed by atoms with Gasteiger partial charge in [0.1, 0.15) is 0 Å². The van der Waals surface area contributed by atoms with Crippen LogP contribution in [0, 0.1) is 5.92 Å². The van der Waals surface area contributed by atoms with Crippen molar-refractivity contribution >= 4 is 10.4 Å². The molecule has 0 amide bonds. The van der Waals surface area contributed by atoms with Crippen molar-refractivity contribution < 1.29 is 46.7 Å². The summed E-state index contributed by atoms with van der Waals surface area (Å²) in [6.07, 6.45) is 42.4. The zero-order valence-corrected chi connectivity index (χ0v) is 30.8. The zero-order chi connectivity index (χ0) is 29.4. The van der Waals surface area contributed by atoms with E-state index in [1.807, 2.05) is 0 Å². The van der Waals surface area contributed by atoms with E-state index in [0.717, 1.165) is 19.3 Å². The molecular formula is C35H69NaO4S. The van der Waals surface area contributed by atoms with E-state index in [1.54, 1.807) is 0 Å². The number of unbranched alkanes of at least 4 members (excludes halogenated alkanes) is 26. The minimum Gasteiger partial charge on any atom is -0.726 e. The molecule has 0 radical (unpaired) electrons. The van der Waals surface area contributed by atoms with Crippen LogP contribution in [0.2, 0.25) is 0 Å². The van der Waals surface area contributed by atoms with Crippen LogP contribution in [-0.4, -0.2) is 19.6 Å². The van der Waals surface area contributed by atoms with E-state index in [9.17, 15) is 13.0 Å². The molecule has 0 aliphatic rings. The zero-order valence-electron chi connectivity index (χ0n) is 28.0. The first-order chi connectivity index (χ1) is 19.5. The Morgan fingerprint density at radius 3 is 1.20 bits per heavy atom. The molecule has 0 aromatic heterocycles. The van der Waals surface area contributed by atoms with Gasteiger partial charge in [-0.1, -0.05) is 193 Å². The molecule has 0 aromatic carbocycles. The molecule has 0 rings (SSSR count). The van der Waals surface area contributed by atoms with Crippen LogP contribution >= 0.6 is 0 Å². The standard InChI is InChI=1S/C35H70O4S.Na/c1-3-5-7-9-11-13-15-17-19-21-23-25-27-29-31-33-35(34-39-40(36,37)38)32-30-28-26-24-22-20-18-16-14-12-10-8-6-4-2;/h31,33,35H,3-30,32,34H2,1-2H3,(H,36,37,38);/q;+1/p-1/b33-31+;. The summed E-state index contributed by atoms with van der Waals surface area (Å²) in [5.74, 6) is 0.0167. The molecule has 0 saturated heterocycles. The second kappa shape index (κ2) is 35.1. The maximum atomic E-state index is 10.9. The van der Waals surface area contributed by atoms with Gasteiger partial charge in [-0.05, 0) is 19.3 Å². The molecule has 1 atom stereocenters. The van der Waals surface area contributed by atoms with E-state index >= 15 is 0 Å². The molecule has 0 saturated carbocycles. The van der Waals surface area contributed by atoms with E-state index in [2.05, 4.69) is 30.2 Å². The summed E-state index contributed by atoms with van der Waals surface area (Å²) < 4.78 is 37.4. The van der Waals surface area contributed by atoms with E-state index in [-0.39, 0.29) is 42.1 Å². The fraction of sp³-hybridized carbons (Fsp3) is 0.943. The fourth-order valence-corrected chi connectivity index (χ4v) is 5.92. The summed E-state index contributed by atoms with van der Waals surface area (Å²) in [6.45, 7) is 4.53. The minimum absolute atomic E-state index is 0. The van der Waals surface area contributed by atoms with Crippen molar-refractivity contribution in [3.05, 3.63) is 12.2 Å². The Bertz CT molecular complexity index is 624. The van der Waals surface area contributed by atoms with E-state index in [0.29, 0.717) is 0 Å². The van der Waals surface area contributed by atoms with E-state index in [4.69, 9.17) is 0 Å². The van der Waals surface area contributed by atoms with E-state index in [1.165, 1.54) is 167 Å². The number of rotatable bonds is 33. The Labute approximate surface area is 280 Å². The van der Waals surface area contributed by atoms with Gasteiger partial charge in [-0.3, -0.25) is 4.18 Å². The summed E-state index contributed by atoms with van der Waals surface area (Å²) in [7, 11) is -4.62. The predicted octanol–water partition coefficient (Wildman–Crippen LogP) is 8.99. The third-order valence-electron chi connectivity index (χ3n) is 8.24. The van der Waals surface area contributed by atoms with Gasteiger partial charge in [0.25, 0.3) is 0 Å². The van der Waals surface area contributed by atoms with Crippen LogP contribution in [0.25, 0.3) is 0 Å². The quantitative estimate of drug-likeness (QED) is 0.0245. The van der Waals surface area contributed by atoms with Crippen molar-refractivity contribution in [2.45, 2.75) is 200 Å². The van der Waals surface area contributed by atoms with Crippen molar-refractivity contribution in [3.8, 4) is 0 Å². The first-order valence-electron chi connectivity index (χ1n) is 17.8. The van der Waals surface area contributed by atoms with E-state index < -0.39 is 10.4 Å². The van der Waals surface area contributed by atoms with Crippen LogP contribution in [-0.2, 0) is 14.6 Å². The second-order valence-electron chi connectivity index (χ2n) is 12.3. The Morgan fingerprint density at radius 2 is 0.854 bits per heavy atom. The van der Waals surface area contributed by atoms with Gasteiger partial charge in [-0.15, -0.1) is 0 Å². The molecule has 0 aromatic rings. The van der Waals surface area contributed by atoms with Gasteiger partial charge < -0.3 is 4.55 Å². The number of hydrogen-bond donors (Lipinski definition) is 0. The van der Waals surface area contributed by atoms with Crippen molar-refractivity contribution in [1.82, 2.24) is 0 Å². The van der Waals surface area contributed by atoms with Gasteiger partial charge in [-0.25, -0.2) is 8.42 Å². The first kappa shape index (κ1) is 43.7. The predicted molar refractivity (Wildman–Crippen MR) is 174 cm³/mol. The van der Waals surface area contributed by atoms with Crippen LogP contribution in [0.3, 0.4) is 0 Å². The Morgan fingerprint density at radius 1 is 0.537 bits per heavy atom. The van der Waals surface area contributed by atoms with Crippen molar-refractivity contribution in [2.24, 2.45) is 5.92 Å². The Balaban J connectivity index is 0. The molecule has 0 aliphatic heterocycles. The van der Waals surface area contributed by atoms with Gasteiger partial charge >= 0.3 is 29.6 Å². The SMILES string of the molecule is CCCCCCCCCCCCCCC/C=C/C(CCCCCCCCCCCCCCCC)COS(=O)(=O)[O-].[Na+]. The van der Waals surface area contributed by atoms with Crippen LogP contribution in [0.5, 0.6) is 0 Å². The molecule has 1 unspecified atom stereocenters. The van der Waals surface area contributed by atoms with Crippen LogP contribution in [0.1, 0.15) is 200 Å². The largest absolute Gasteiger partial charge is 1.00 e. The third kappa shape index (κ3) is 38.6. The van der Waals surface area contributed by atoms with Crippen molar-refractivity contribution in [1.29, 1.82) is 0 Å². The van der Waals surface area contributed by atoms with Crippen LogP contribution in [0.4, 0.5) is 0 Å². The van der Waals surface area contributed by atoms with Gasteiger partial charge in [-0.2, -0.15) is 0 Å². The van der Waals surface area contributed by atoms with Crippen molar-refractivity contribution in [3.63, 3.8) is 0 Å². The molecule has 0 aliphatic carbocycles. The molecule has 4 nitrogen and oxygen atoms in total. The monoisotopic (exact) mass is 608 g/mol. The molecule has 0 spiro atoms. The maximum Gasteiger partial charge on any atom is 1.00 e.